The first kappa shape index (κ1) is 21.4. The lowest BCUT2D eigenvalue weighted by Crippen LogP contribution is -2.43. The van der Waals surface area contributed by atoms with E-state index in [1.54, 1.807) is 29.2 Å². The fourth-order valence-electron chi connectivity index (χ4n) is 3.32. The quantitative estimate of drug-likeness (QED) is 0.727. The Morgan fingerprint density at radius 3 is 2.80 bits per heavy atom. The normalized spacial score (nSPS) is 16.7. The van der Waals surface area contributed by atoms with Gasteiger partial charge in [0.25, 0.3) is 0 Å². The van der Waals surface area contributed by atoms with E-state index in [4.69, 9.17) is 0 Å². The van der Waals surface area contributed by atoms with E-state index in [9.17, 15) is 18.4 Å². The lowest BCUT2D eigenvalue weighted by Gasteiger charge is -2.31. The number of likely N-dealkylation sites (tertiary alicyclic amines) is 1. The summed E-state index contributed by atoms with van der Waals surface area (Å²) in [6.45, 7) is -0.284. The predicted octanol–water partition coefficient (Wildman–Crippen LogP) is 3.88. The molecule has 0 radical (unpaired) electrons. The third kappa shape index (κ3) is 5.85. The number of carbonyl (C=O) groups is 2. The molecule has 0 spiro atoms. The number of ether oxygens (including phenoxy) is 1. The summed E-state index contributed by atoms with van der Waals surface area (Å²) in [5, 5.41) is 2.80. The van der Waals surface area contributed by atoms with Crippen LogP contribution < -0.4 is 10.1 Å². The largest absolute Gasteiger partial charge is 0.434 e. The van der Waals surface area contributed by atoms with E-state index >= 15 is 0 Å². The predicted molar refractivity (Wildman–Crippen MR) is 109 cm³/mol. The van der Waals surface area contributed by atoms with Gasteiger partial charge in [-0.05, 0) is 44.0 Å². The number of aromatic nitrogens is 1. The minimum atomic E-state index is -2.94. The van der Waals surface area contributed by atoms with Crippen LogP contribution >= 0.6 is 0 Å². The van der Waals surface area contributed by atoms with Crippen molar-refractivity contribution in [3.05, 3.63) is 59.8 Å². The molecule has 30 heavy (non-hydrogen) atoms. The topological polar surface area (TPSA) is 71.5 Å². The number of nitrogens with zero attached hydrogens (tertiary/aromatic N) is 2. The van der Waals surface area contributed by atoms with Crippen molar-refractivity contribution in [1.82, 2.24) is 9.88 Å². The number of piperidine rings is 1. The smallest absolute Gasteiger partial charge is 0.387 e. The molecular weight excluding hydrogens is 392 g/mol. The molecule has 1 fully saturated rings. The van der Waals surface area contributed by atoms with Crippen molar-refractivity contribution in [2.75, 3.05) is 18.4 Å². The summed E-state index contributed by atoms with van der Waals surface area (Å²) < 4.78 is 29.5. The van der Waals surface area contributed by atoms with Gasteiger partial charge < -0.3 is 15.0 Å². The maximum atomic E-state index is 12.6. The van der Waals surface area contributed by atoms with Gasteiger partial charge in [-0.2, -0.15) is 8.78 Å². The fraction of sp³-hybridized carbons (Fsp3) is 0.318. The highest BCUT2D eigenvalue weighted by atomic mass is 19.3. The van der Waals surface area contributed by atoms with Gasteiger partial charge in [0.1, 0.15) is 11.6 Å². The van der Waals surface area contributed by atoms with Gasteiger partial charge in [0.05, 0.1) is 5.92 Å². The van der Waals surface area contributed by atoms with Crippen LogP contribution in [0.4, 0.5) is 14.6 Å². The number of hydrogen-bond acceptors (Lipinski definition) is 4. The van der Waals surface area contributed by atoms with Crippen LogP contribution in [0.25, 0.3) is 6.08 Å². The molecule has 1 aromatic heterocycles. The van der Waals surface area contributed by atoms with Crippen molar-refractivity contribution in [3.8, 4) is 5.75 Å². The Labute approximate surface area is 173 Å². The molecule has 1 N–H and O–H groups in total. The maximum Gasteiger partial charge on any atom is 0.387 e. The minimum Gasteiger partial charge on any atom is -0.434 e. The van der Waals surface area contributed by atoms with Crippen molar-refractivity contribution < 1.29 is 23.1 Å². The molecule has 0 saturated carbocycles. The molecule has 2 amide bonds. The average molecular weight is 415 g/mol. The summed E-state index contributed by atoms with van der Waals surface area (Å²) >= 11 is 0. The van der Waals surface area contributed by atoms with Gasteiger partial charge in [-0.1, -0.05) is 24.3 Å². The number of nitrogens with one attached hydrogen (secondary N) is 1. The molecule has 6 nitrogen and oxygen atoms in total. The monoisotopic (exact) mass is 415 g/mol. The van der Waals surface area contributed by atoms with Crippen LogP contribution in [-0.4, -0.2) is 41.4 Å². The van der Waals surface area contributed by atoms with Crippen molar-refractivity contribution in [1.29, 1.82) is 0 Å². The van der Waals surface area contributed by atoms with E-state index < -0.39 is 6.61 Å². The lowest BCUT2D eigenvalue weighted by atomic mass is 9.97. The van der Waals surface area contributed by atoms with E-state index in [1.807, 2.05) is 19.1 Å². The molecule has 2 heterocycles. The molecule has 1 aliphatic rings. The van der Waals surface area contributed by atoms with Crippen LogP contribution in [0.15, 0.2) is 48.5 Å². The third-order valence-electron chi connectivity index (χ3n) is 4.78. The van der Waals surface area contributed by atoms with Crippen LogP contribution in [0.1, 0.15) is 24.1 Å². The molecule has 2 aromatic rings. The van der Waals surface area contributed by atoms with Crippen LogP contribution in [-0.2, 0) is 9.59 Å². The Hall–Kier alpha value is -3.29. The van der Waals surface area contributed by atoms with Gasteiger partial charge in [0, 0.05) is 30.4 Å². The molecule has 8 heteroatoms. The van der Waals surface area contributed by atoms with Gasteiger partial charge in [0.2, 0.25) is 11.8 Å². The zero-order chi connectivity index (χ0) is 21.5. The molecule has 1 aliphatic heterocycles. The SMILES string of the molecule is Cc1cccc(NC(=O)C2CCCN(C(=O)/C=C/c3ccccc3OC(F)F)C2)n1. The number of amides is 2. The maximum absolute atomic E-state index is 12.6. The van der Waals surface area contributed by atoms with E-state index in [2.05, 4.69) is 15.0 Å². The molecule has 158 valence electrons. The third-order valence-corrected chi connectivity index (χ3v) is 4.78. The number of carbonyl (C=O) groups excluding carboxylic acids is 2. The van der Waals surface area contributed by atoms with Crippen LogP contribution in [0.5, 0.6) is 5.75 Å². The number of anilines is 1. The second-order valence-electron chi connectivity index (χ2n) is 7.03. The second kappa shape index (κ2) is 9.96. The first-order chi connectivity index (χ1) is 14.4. The highest BCUT2D eigenvalue weighted by molar-refractivity contribution is 5.94. The molecule has 1 saturated heterocycles. The van der Waals surface area contributed by atoms with E-state index in [0.717, 1.165) is 5.69 Å². The molecule has 1 atom stereocenters. The Bertz CT molecular complexity index is 933. The van der Waals surface area contributed by atoms with Gasteiger partial charge in [-0.3, -0.25) is 9.59 Å². The molecular formula is C22H23F2N3O3. The highest BCUT2D eigenvalue weighted by Gasteiger charge is 2.28. The number of rotatable bonds is 6. The molecule has 0 bridgehead atoms. The number of para-hydroxylation sites is 1. The van der Waals surface area contributed by atoms with Crippen molar-refractivity contribution >= 4 is 23.7 Å². The first-order valence-electron chi connectivity index (χ1n) is 9.68. The summed E-state index contributed by atoms with van der Waals surface area (Å²) in [6, 6.07) is 11.6. The number of halogens is 2. The number of hydrogen-bond donors (Lipinski definition) is 1. The number of pyridine rings is 1. The first-order valence-corrected chi connectivity index (χ1v) is 9.68. The summed E-state index contributed by atoms with van der Waals surface area (Å²) in [5.41, 5.74) is 1.18. The number of benzene rings is 1. The highest BCUT2D eigenvalue weighted by Crippen LogP contribution is 2.23. The molecule has 1 aromatic carbocycles. The number of aryl methyl sites for hydroxylation is 1. The molecule has 1 unspecified atom stereocenters. The Morgan fingerprint density at radius 2 is 2.03 bits per heavy atom. The average Bonchev–Trinajstić information content (AvgIpc) is 2.72. The van der Waals surface area contributed by atoms with E-state index in [0.29, 0.717) is 30.8 Å². The zero-order valence-corrected chi connectivity index (χ0v) is 16.6. The van der Waals surface area contributed by atoms with Gasteiger partial charge in [-0.25, -0.2) is 4.98 Å². The van der Waals surface area contributed by atoms with Gasteiger partial charge >= 0.3 is 6.61 Å². The lowest BCUT2D eigenvalue weighted by molar-refractivity contribution is -0.130. The summed E-state index contributed by atoms with van der Waals surface area (Å²) in [4.78, 5) is 31.0. The van der Waals surface area contributed by atoms with E-state index in [1.165, 1.54) is 18.2 Å². The minimum absolute atomic E-state index is 0.00176. The summed E-state index contributed by atoms with van der Waals surface area (Å²) in [7, 11) is 0. The van der Waals surface area contributed by atoms with Gasteiger partial charge in [-0.15, -0.1) is 0 Å². The Morgan fingerprint density at radius 1 is 1.23 bits per heavy atom. The van der Waals surface area contributed by atoms with Gasteiger partial charge in [0.15, 0.2) is 0 Å². The number of alkyl halides is 2. The van der Waals surface area contributed by atoms with Crippen molar-refractivity contribution in [2.45, 2.75) is 26.4 Å². The Balaban J connectivity index is 1.62. The fourth-order valence-corrected chi connectivity index (χ4v) is 3.32. The molecule has 0 aliphatic carbocycles. The van der Waals surface area contributed by atoms with Crippen LogP contribution in [0.2, 0.25) is 0 Å². The van der Waals surface area contributed by atoms with Crippen LogP contribution in [0, 0.1) is 12.8 Å². The summed E-state index contributed by atoms with van der Waals surface area (Å²) in [5.74, 6) is -0.316. The molecule has 3 rings (SSSR count). The van der Waals surface area contributed by atoms with Crippen LogP contribution in [0.3, 0.4) is 0 Å². The van der Waals surface area contributed by atoms with E-state index in [-0.39, 0.29) is 30.0 Å². The summed E-state index contributed by atoms with van der Waals surface area (Å²) in [6.07, 6.45) is 4.14. The zero-order valence-electron chi connectivity index (χ0n) is 16.6. The Kier molecular flexibility index (Phi) is 7.11. The second-order valence-corrected chi connectivity index (χ2v) is 7.03. The van der Waals surface area contributed by atoms with Crippen molar-refractivity contribution in [3.63, 3.8) is 0 Å². The van der Waals surface area contributed by atoms with Crippen molar-refractivity contribution in [2.24, 2.45) is 5.92 Å². The standard InChI is InChI=1S/C22H23F2N3O3/c1-15-6-4-10-19(25-15)26-21(29)17-8-5-13-27(14-17)20(28)12-11-16-7-2-3-9-18(16)30-22(23)24/h2-4,6-7,9-12,17,22H,5,8,13-14H2,1H3,(H,25,26,29)/b12-11+.